The van der Waals surface area contributed by atoms with E-state index in [0.717, 1.165) is 10.2 Å². The molecule has 0 spiro atoms. The van der Waals surface area contributed by atoms with E-state index in [0.29, 0.717) is 15.2 Å². The highest BCUT2D eigenvalue weighted by atomic mass is 79.9. The first-order chi connectivity index (χ1) is 8.04. The van der Waals surface area contributed by atoms with Gasteiger partial charge in [-0.25, -0.2) is 0 Å². The summed E-state index contributed by atoms with van der Waals surface area (Å²) in [5, 5.41) is 17.8. The summed E-state index contributed by atoms with van der Waals surface area (Å²) in [7, 11) is 0. The standard InChI is InChI=1S/C10H11Br2N3OS/c1-2-17-10(13)15-14-5-6-3-7(11)4-8(12)9(6)16/h3-5,16H,2H2,1H3,(H2,13,15)/b14-5+. The molecule has 92 valence electrons. The summed E-state index contributed by atoms with van der Waals surface area (Å²) < 4.78 is 1.43. The van der Waals surface area contributed by atoms with Crippen molar-refractivity contribution in [3.8, 4) is 5.75 Å². The van der Waals surface area contributed by atoms with Gasteiger partial charge < -0.3 is 10.8 Å². The molecule has 1 aromatic carbocycles. The summed E-state index contributed by atoms with van der Waals surface area (Å²) in [6.07, 6.45) is 1.45. The Balaban J connectivity index is 2.88. The summed E-state index contributed by atoms with van der Waals surface area (Å²) in [5.41, 5.74) is 6.12. The van der Waals surface area contributed by atoms with Gasteiger partial charge in [0.05, 0.1) is 10.7 Å². The Morgan fingerprint density at radius 1 is 1.53 bits per heavy atom. The Morgan fingerprint density at radius 2 is 2.24 bits per heavy atom. The first-order valence-electron chi connectivity index (χ1n) is 4.72. The fourth-order valence-corrected chi connectivity index (χ4v) is 2.67. The van der Waals surface area contributed by atoms with E-state index in [9.17, 15) is 5.11 Å². The molecule has 0 aliphatic heterocycles. The number of thioether (sulfide) groups is 1. The average molecular weight is 381 g/mol. The third kappa shape index (κ3) is 4.69. The minimum absolute atomic E-state index is 0.119. The van der Waals surface area contributed by atoms with Gasteiger partial charge in [0, 0.05) is 10.0 Å². The quantitative estimate of drug-likeness (QED) is 0.480. The fraction of sp³-hybridized carbons (Fsp3) is 0.200. The van der Waals surface area contributed by atoms with E-state index >= 15 is 0 Å². The molecule has 0 fully saturated rings. The molecule has 0 saturated heterocycles. The van der Waals surface area contributed by atoms with Gasteiger partial charge in [-0.3, -0.25) is 0 Å². The Morgan fingerprint density at radius 3 is 2.88 bits per heavy atom. The Bertz CT molecular complexity index is 463. The van der Waals surface area contributed by atoms with Crippen LogP contribution in [0.3, 0.4) is 0 Å². The van der Waals surface area contributed by atoms with E-state index in [-0.39, 0.29) is 5.75 Å². The molecular formula is C10H11Br2N3OS. The monoisotopic (exact) mass is 379 g/mol. The maximum absolute atomic E-state index is 9.75. The average Bonchev–Trinajstić information content (AvgIpc) is 2.25. The van der Waals surface area contributed by atoms with Gasteiger partial charge in [0.1, 0.15) is 5.75 Å². The fourth-order valence-electron chi connectivity index (χ4n) is 1.01. The van der Waals surface area contributed by atoms with Crippen LogP contribution in [-0.2, 0) is 0 Å². The molecule has 1 aromatic rings. The number of nitrogens with two attached hydrogens (primary N) is 1. The van der Waals surface area contributed by atoms with Gasteiger partial charge in [-0.15, -0.1) is 5.10 Å². The topological polar surface area (TPSA) is 71.0 Å². The van der Waals surface area contributed by atoms with Crippen LogP contribution in [0.4, 0.5) is 0 Å². The van der Waals surface area contributed by atoms with Gasteiger partial charge in [-0.05, 0) is 33.8 Å². The van der Waals surface area contributed by atoms with E-state index in [1.807, 2.05) is 6.92 Å². The molecule has 3 N–H and O–H groups in total. The number of phenolic OH excluding ortho intramolecular Hbond substituents is 1. The number of amidine groups is 1. The largest absolute Gasteiger partial charge is 0.506 e. The molecule has 17 heavy (non-hydrogen) atoms. The molecule has 0 aromatic heterocycles. The highest BCUT2D eigenvalue weighted by molar-refractivity contribution is 9.11. The van der Waals surface area contributed by atoms with Gasteiger partial charge in [0.15, 0.2) is 5.17 Å². The summed E-state index contributed by atoms with van der Waals surface area (Å²) in [6.45, 7) is 1.98. The van der Waals surface area contributed by atoms with Crippen molar-refractivity contribution < 1.29 is 5.11 Å². The van der Waals surface area contributed by atoms with E-state index in [1.54, 1.807) is 12.1 Å². The number of benzene rings is 1. The molecule has 0 aliphatic rings. The second-order valence-electron chi connectivity index (χ2n) is 2.94. The molecule has 1 rings (SSSR count). The highest BCUT2D eigenvalue weighted by Gasteiger charge is 2.04. The molecule has 0 saturated carbocycles. The zero-order valence-electron chi connectivity index (χ0n) is 9.02. The van der Waals surface area contributed by atoms with Crippen LogP contribution in [0.1, 0.15) is 12.5 Å². The van der Waals surface area contributed by atoms with Crippen LogP contribution in [0, 0.1) is 0 Å². The van der Waals surface area contributed by atoms with E-state index in [2.05, 4.69) is 42.1 Å². The van der Waals surface area contributed by atoms with Crippen molar-refractivity contribution >= 4 is 55.0 Å². The van der Waals surface area contributed by atoms with Crippen molar-refractivity contribution in [1.29, 1.82) is 0 Å². The second kappa shape index (κ2) is 7.03. The summed E-state index contributed by atoms with van der Waals surface area (Å²) in [4.78, 5) is 0. The normalized spacial score (nSPS) is 12.3. The number of rotatable bonds is 3. The van der Waals surface area contributed by atoms with Crippen LogP contribution in [0.2, 0.25) is 0 Å². The zero-order valence-corrected chi connectivity index (χ0v) is 13.0. The number of hydrogen-bond donors (Lipinski definition) is 2. The molecule has 0 radical (unpaired) electrons. The third-order valence-electron chi connectivity index (χ3n) is 1.70. The van der Waals surface area contributed by atoms with Crippen LogP contribution in [0.15, 0.2) is 31.3 Å². The zero-order chi connectivity index (χ0) is 12.8. The number of phenols is 1. The van der Waals surface area contributed by atoms with Gasteiger partial charge in [-0.2, -0.15) is 5.10 Å². The summed E-state index contributed by atoms with van der Waals surface area (Å²) in [5.74, 6) is 0.965. The van der Waals surface area contributed by atoms with Crippen LogP contribution in [-0.4, -0.2) is 22.2 Å². The number of aromatic hydroxyl groups is 1. The molecule has 0 bridgehead atoms. The summed E-state index contributed by atoms with van der Waals surface area (Å²) in [6, 6.07) is 3.49. The maximum Gasteiger partial charge on any atom is 0.180 e. The van der Waals surface area contributed by atoms with Crippen molar-refractivity contribution in [2.75, 3.05) is 5.75 Å². The smallest absolute Gasteiger partial charge is 0.180 e. The van der Waals surface area contributed by atoms with Crippen molar-refractivity contribution in [3.63, 3.8) is 0 Å². The molecule has 0 atom stereocenters. The van der Waals surface area contributed by atoms with Crippen LogP contribution < -0.4 is 5.73 Å². The number of nitrogens with zero attached hydrogens (tertiary/aromatic N) is 2. The molecule has 0 amide bonds. The SMILES string of the molecule is CCS/C(N)=N/N=C/c1cc(Br)cc(Br)c1O. The molecule has 0 aliphatic carbocycles. The van der Waals surface area contributed by atoms with Crippen LogP contribution in [0.5, 0.6) is 5.75 Å². The van der Waals surface area contributed by atoms with Crippen LogP contribution in [0.25, 0.3) is 0 Å². The van der Waals surface area contributed by atoms with Gasteiger partial charge >= 0.3 is 0 Å². The van der Waals surface area contributed by atoms with Gasteiger partial charge in [0.25, 0.3) is 0 Å². The first-order valence-corrected chi connectivity index (χ1v) is 7.29. The Kier molecular flexibility index (Phi) is 6.01. The predicted octanol–water partition coefficient (Wildman–Crippen LogP) is 3.32. The predicted molar refractivity (Wildman–Crippen MR) is 80.9 cm³/mol. The first kappa shape index (κ1) is 14.5. The minimum atomic E-state index is 0.119. The third-order valence-corrected chi connectivity index (χ3v) is 3.43. The number of hydrogen-bond acceptors (Lipinski definition) is 4. The Labute approximate surface area is 121 Å². The van der Waals surface area contributed by atoms with Crippen molar-refractivity contribution in [1.82, 2.24) is 0 Å². The van der Waals surface area contributed by atoms with E-state index < -0.39 is 0 Å². The molecule has 0 unspecified atom stereocenters. The minimum Gasteiger partial charge on any atom is -0.506 e. The molecule has 7 heteroatoms. The lowest BCUT2D eigenvalue weighted by Crippen LogP contribution is -2.05. The van der Waals surface area contributed by atoms with E-state index in [1.165, 1.54) is 18.0 Å². The van der Waals surface area contributed by atoms with Crippen molar-refractivity contribution in [3.05, 3.63) is 26.6 Å². The Hall–Kier alpha value is -0.530. The highest BCUT2D eigenvalue weighted by Crippen LogP contribution is 2.30. The van der Waals surface area contributed by atoms with E-state index in [4.69, 9.17) is 5.73 Å². The van der Waals surface area contributed by atoms with Crippen molar-refractivity contribution in [2.24, 2.45) is 15.9 Å². The van der Waals surface area contributed by atoms with Gasteiger partial charge in [-0.1, -0.05) is 34.6 Å². The molecular weight excluding hydrogens is 370 g/mol. The van der Waals surface area contributed by atoms with Crippen LogP contribution >= 0.6 is 43.6 Å². The summed E-state index contributed by atoms with van der Waals surface area (Å²) >= 11 is 7.97. The second-order valence-corrected chi connectivity index (χ2v) is 6.00. The lowest BCUT2D eigenvalue weighted by Gasteiger charge is -2.01. The van der Waals surface area contributed by atoms with Gasteiger partial charge in [0.2, 0.25) is 0 Å². The maximum atomic E-state index is 9.75. The van der Waals surface area contributed by atoms with Crippen molar-refractivity contribution in [2.45, 2.75) is 6.92 Å². The number of halogens is 2. The lowest BCUT2D eigenvalue weighted by atomic mass is 10.2. The molecule has 0 heterocycles. The lowest BCUT2D eigenvalue weighted by molar-refractivity contribution is 0.471. The molecule has 4 nitrogen and oxygen atoms in total.